The van der Waals surface area contributed by atoms with Gasteiger partial charge in [0.2, 0.25) is 11.6 Å². The van der Waals surface area contributed by atoms with E-state index in [0.717, 1.165) is 31.7 Å². The summed E-state index contributed by atoms with van der Waals surface area (Å²) in [5.41, 5.74) is 0.550. The van der Waals surface area contributed by atoms with Crippen molar-refractivity contribution in [3.63, 3.8) is 0 Å². The second kappa shape index (κ2) is 8.09. The lowest BCUT2D eigenvalue weighted by atomic mass is 9.90. The largest absolute Gasteiger partial charge is 0.381 e. The van der Waals surface area contributed by atoms with E-state index in [1.165, 1.54) is 32.1 Å². The number of carbonyl (C=O) groups excluding carboxylic acids is 1. The lowest BCUT2D eigenvalue weighted by Gasteiger charge is -2.41. The van der Waals surface area contributed by atoms with E-state index in [1.54, 1.807) is 4.74 Å². The molecule has 1 saturated carbocycles. The zero-order valence-corrected chi connectivity index (χ0v) is 16.7. The Balaban J connectivity index is 1.66. The fourth-order valence-corrected chi connectivity index (χ4v) is 4.23. The number of aryl methyl sites for hydroxylation is 1. The molecule has 1 aliphatic heterocycles. The van der Waals surface area contributed by atoms with Gasteiger partial charge in [-0.1, -0.05) is 19.3 Å². The summed E-state index contributed by atoms with van der Waals surface area (Å²) in [4.78, 5) is 15.2. The summed E-state index contributed by atoms with van der Waals surface area (Å²) in [6, 6.07) is 2.46. The molecule has 0 unspecified atom stereocenters. The predicted molar refractivity (Wildman–Crippen MR) is 100 cm³/mol. The van der Waals surface area contributed by atoms with E-state index in [2.05, 4.69) is 17.3 Å². The normalized spacial score (nSPS) is 20.5. The average molecular weight is 365 g/mol. The quantitative estimate of drug-likeness (QED) is 0.816. The third-order valence-electron chi connectivity index (χ3n) is 6.31. The second-order valence-corrected chi connectivity index (χ2v) is 8.32. The minimum absolute atomic E-state index is 0.0153. The highest BCUT2D eigenvalue weighted by Crippen LogP contribution is 2.29. The van der Waals surface area contributed by atoms with Crippen molar-refractivity contribution in [2.75, 3.05) is 25.6 Å². The van der Waals surface area contributed by atoms with Crippen LogP contribution in [-0.4, -0.2) is 42.6 Å². The maximum atomic E-state index is 13.0. The fourth-order valence-electron chi connectivity index (χ4n) is 4.23. The highest BCUT2D eigenvalue weighted by Gasteiger charge is 2.38. The number of hydrogen-bond donors (Lipinski definition) is 1. The maximum absolute atomic E-state index is 13.0. The number of nitrogens with one attached hydrogen (secondary N) is 1. The number of nitrogens with zero attached hydrogens (tertiary/aromatic N) is 2. The van der Waals surface area contributed by atoms with Crippen LogP contribution in [0.4, 0.5) is 5.88 Å². The second-order valence-electron chi connectivity index (χ2n) is 8.32. The van der Waals surface area contributed by atoms with Crippen LogP contribution in [0.3, 0.4) is 0 Å². The highest BCUT2D eigenvalue weighted by molar-refractivity contribution is 5.96. The smallest absolute Gasteiger partial charge is 0.282 e. The number of likely N-dealkylation sites (N-methyl/N-ethyl adjacent to an activating group) is 1. The van der Waals surface area contributed by atoms with E-state index >= 15 is 0 Å². The van der Waals surface area contributed by atoms with Crippen LogP contribution in [0.25, 0.3) is 0 Å². The summed E-state index contributed by atoms with van der Waals surface area (Å²) < 4.78 is 13.0. The van der Waals surface area contributed by atoms with Gasteiger partial charge in [-0.2, -0.15) is 0 Å². The minimum atomic E-state index is -0.577. The van der Waals surface area contributed by atoms with Gasteiger partial charge in [0.1, 0.15) is 0 Å². The Labute approximate surface area is 156 Å². The maximum Gasteiger partial charge on any atom is 0.282 e. The zero-order chi connectivity index (χ0) is 18.7. The van der Waals surface area contributed by atoms with Gasteiger partial charge in [0.25, 0.3) is 5.88 Å². The molecule has 1 aromatic heterocycles. The molecule has 1 amide bonds. The van der Waals surface area contributed by atoms with Crippen molar-refractivity contribution < 1.29 is 18.8 Å². The standard InChI is InChI=1S/C20H33N3O3/c1-20(2,22(3)16-8-6-5-7-9-16)19(24)21-18-14-17(23(4)26-18)15-10-12-25-13-11-15/h14-16H,5-13H2,1-4H3/p+1. The highest BCUT2D eigenvalue weighted by atomic mass is 16.5. The van der Waals surface area contributed by atoms with Gasteiger partial charge < -0.3 is 4.74 Å². The van der Waals surface area contributed by atoms with E-state index in [4.69, 9.17) is 9.26 Å². The Bertz CT molecular complexity index is 614. The molecule has 0 radical (unpaired) electrons. The average Bonchev–Trinajstić information content (AvgIpc) is 3.02. The molecule has 3 rings (SSSR count). The Kier molecular flexibility index (Phi) is 6.03. The van der Waals surface area contributed by atoms with Gasteiger partial charge in [0.15, 0.2) is 7.05 Å². The molecule has 1 aromatic rings. The molecule has 0 spiro atoms. The predicted octanol–water partition coefficient (Wildman–Crippen LogP) is 2.98. The number of rotatable bonds is 5. The summed E-state index contributed by atoms with van der Waals surface area (Å²) in [6.07, 6.45) is 8.18. The molecule has 0 bridgehead atoms. The van der Waals surface area contributed by atoms with Gasteiger partial charge in [-0.05, 0) is 51.3 Å². The van der Waals surface area contributed by atoms with E-state index in [0.29, 0.717) is 17.8 Å². The molecule has 1 aliphatic carbocycles. The minimum Gasteiger partial charge on any atom is -0.381 e. The number of aromatic nitrogens is 1. The molecule has 2 aliphatic rings. The summed E-state index contributed by atoms with van der Waals surface area (Å²) in [7, 11) is 3.98. The first-order valence-electron chi connectivity index (χ1n) is 10.0. The Hall–Kier alpha value is -1.40. The molecular weight excluding hydrogens is 330 g/mol. The van der Waals surface area contributed by atoms with Gasteiger partial charge in [0.05, 0.1) is 17.5 Å². The first-order valence-corrected chi connectivity index (χ1v) is 10.0. The number of carbonyl (C=O) groups is 1. The summed E-state index contributed by atoms with van der Waals surface area (Å²) >= 11 is 0. The zero-order valence-electron chi connectivity index (χ0n) is 16.7. The molecule has 6 heteroatoms. The van der Waals surface area contributed by atoms with Crippen molar-refractivity contribution in [2.24, 2.45) is 7.05 Å². The van der Waals surface area contributed by atoms with Gasteiger partial charge in [-0.25, -0.2) is 4.52 Å². The molecule has 26 heavy (non-hydrogen) atoms. The van der Waals surface area contributed by atoms with Crippen LogP contribution in [0, 0.1) is 0 Å². The number of ether oxygens (including phenoxy) is 1. The Morgan fingerprint density at radius 2 is 1.85 bits per heavy atom. The van der Waals surface area contributed by atoms with Crippen molar-refractivity contribution in [3.8, 4) is 0 Å². The summed E-state index contributed by atoms with van der Waals surface area (Å²) in [6.45, 7) is 5.58. The van der Waals surface area contributed by atoms with Gasteiger partial charge in [0, 0.05) is 19.3 Å². The molecule has 0 atom stereocenters. The van der Waals surface area contributed by atoms with Gasteiger partial charge >= 0.3 is 0 Å². The molecule has 0 aromatic carbocycles. The molecular formula is C20H34N3O3+. The van der Waals surface area contributed by atoms with E-state index in [-0.39, 0.29) is 5.91 Å². The Morgan fingerprint density at radius 3 is 2.50 bits per heavy atom. The van der Waals surface area contributed by atoms with Gasteiger partial charge in [-0.15, -0.1) is 0 Å². The third-order valence-corrected chi connectivity index (χ3v) is 6.31. The fraction of sp³-hybridized carbons (Fsp3) is 0.800. The first kappa shape index (κ1) is 19.4. The molecule has 1 N–H and O–H groups in total. The van der Waals surface area contributed by atoms with E-state index < -0.39 is 5.54 Å². The van der Waals surface area contributed by atoms with Crippen molar-refractivity contribution in [3.05, 3.63) is 11.8 Å². The van der Waals surface area contributed by atoms with Crippen LogP contribution in [0.1, 0.15) is 70.4 Å². The van der Waals surface area contributed by atoms with E-state index in [1.807, 2.05) is 27.0 Å². The van der Waals surface area contributed by atoms with Crippen molar-refractivity contribution >= 4 is 11.8 Å². The molecule has 2 heterocycles. The van der Waals surface area contributed by atoms with E-state index in [9.17, 15) is 4.79 Å². The van der Waals surface area contributed by atoms with Crippen LogP contribution in [0.2, 0.25) is 0 Å². The number of anilines is 1. The van der Waals surface area contributed by atoms with Crippen molar-refractivity contribution in [1.29, 1.82) is 0 Å². The summed E-state index contributed by atoms with van der Waals surface area (Å²) in [5, 5.41) is 3.00. The SMILES string of the molecule is CN(C1CCCCC1)C(C)(C)C(=O)Nc1cc(C2CCOCC2)[n+](C)o1. The molecule has 1 saturated heterocycles. The molecule has 6 nitrogen and oxygen atoms in total. The number of hydrogen-bond acceptors (Lipinski definition) is 4. The third kappa shape index (κ3) is 4.12. The molecule has 2 fully saturated rings. The van der Waals surface area contributed by atoms with Crippen LogP contribution in [-0.2, 0) is 16.6 Å². The van der Waals surface area contributed by atoms with Crippen molar-refractivity contribution in [2.45, 2.75) is 76.3 Å². The van der Waals surface area contributed by atoms with Crippen LogP contribution < -0.4 is 10.1 Å². The first-order chi connectivity index (χ1) is 12.4. The Morgan fingerprint density at radius 1 is 1.19 bits per heavy atom. The van der Waals surface area contributed by atoms with Crippen LogP contribution in [0.15, 0.2) is 10.6 Å². The monoisotopic (exact) mass is 364 g/mol. The van der Waals surface area contributed by atoms with Gasteiger partial charge in [-0.3, -0.25) is 15.0 Å². The molecule has 146 valence electrons. The van der Waals surface area contributed by atoms with Crippen LogP contribution >= 0.6 is 0 Å². The van der Waals surface area contributed by atoms with Crippen molar-refractivity contribution in [1.82, 2.24) is 4.90 Å². The topological polar surface area (TPSA) is 58.6 Å². The summed E-state index contributed by atoms with van der Waals surface area (Å²) in [5.74, 6) is 0.948. The van der Waals surface area contributed by atoms with Crippen LogP contribution in [0.5, 0.6) is 0 Å². The lowest BCUT2D eigenvalue weighted by molar-refractivity contribution is -0.849. The lowest BCUT2D eigenvalue weighted by Crippen LogP contribution is -2.55. The number of amides is 1.